The molecule has 0 spiro atoms. The zero-order valence-corrected chi connectivity index (χ0v) is 16.9. The molecule has 0 fully saturated rings. The van der Waals surface area contributed by atoms with Gasteiger partial charge in [-0.05, 0) is 45.1 Å². The molecule has 0 aliphatic rings. The highest BCUT2D eigenvalue weighted by Crippen LogP contribution is 2.27. The Balaban J connectivity index is 2.15. The van der Waals surface area contributed by atoms with Crippen molar-refractivity contribution in [3.05, 3.63) is 17.1 Å². The van der Waals surface area contributed by atoms with E-state index in [9.17, 15) is 4.21 Å². The molecule has 0 bridgehead atoms. The van der Waals surface area contributed by atoms with Gasteiger partial charge in [-0.2, -0.15) is 0 Å². The molecular weight excluding hydrogens is 332 g/mol. The summed E-state index contributed by atoms with van der Waals surface area (Å²) < 4.78 is 14.3. The van der Waals surface area contributed by atoms with Gasteiger partial charge in [0, 0.05) is 41.0 Å². The summed E-state index contributed by atoms with van der Waals surface area (Å²) in [6.45, 7) is 9.30. The summed E-state index contributed by atoms with van der Waals surface area (Å²) in [5, 5.41) is 0. The summed E-state index contributed by atoms with van der Waals surface area (Å²) in [6, 6.07) is 0. The van der Waals surface area contributed by atoms with Gasteiger partial charge in [0.1, 0.15) is 11.3 Å². The molecule has 0 radical (unpaired) electrons. The first-order valence-electron chi connectivity index (χ1n) is 9.46. The third-order valence-corrected chi connectivity index (χ3v) is 6.17. The average molecular weight is 365 g/mol. The Kier molecular flexibility index (Phi) is 7.41. The third kappa shape index (κ3) is 4.81. The second-order valence-electron chi connectivity index (χ2n) is 6.74. The molecule has 2 N–H and O–H groups in total. The van der Waals surface area contributed by atoms with Crippen LogP contribution in [0.2, 0.25) is 0 Å². The van der Waals surface area contributed by atoms with E-state index in [-0.39, 0.29) is 0 Å². The van der Waals surface area contributed by atoms with Crippen LogP contribution in [-0.2, 0) is 23.8 Å². The lowest BCUT2D eigenvalue weighted by atomic mass is 10.2. The van der Waals surface area contributed by atoms with E-state index < -0.39 is 10.8 Å². The fourth-order valence-corrected chi connectivity index (χ4v) is 4.48. The predicted molar refractivity (Wildman–Crippen MR) is 107 cm³/mol. The molecule has 1 atom stereocenters. The molecule has 2 heterocycles. The normalized spacial score (nSPS) is 12.8. The molecule has 0 saturated carbocycles. The highest BCUT2D eigenvalue weighted by Gasteiger charge is 2.17. The summed E-state index contributed by atoms with van der Waals surface area (Å²) in [7, 11) is -0.671. The van der Waals surface area contributed by atoms with E-state index in [0.29, 0.717) is 5.82 Å². The lowest BCUT2D eigenvalue weighted by Gasteiger charge is -2.11. The zero-order valence-electron chi connectivity index (χ0n) is 16.1. The van der Waals surface area contributed by atoms with E-state index in [1.54, 1.807) is 0 Å². The van der Waals surface area contributed by atoms with Crippen LogP contribution < -0.4 is 5.73 Å². The Morgan fingerprint density at radius 3 is 2.44 bits per heavy atom. The Morgan fingerprint density at radius 1 is 1.04 bits per heavy atom. The molecule has 2 rings (SSSR count). The minimum Gasteiger partial charge on any atom is -0.382 e. The van der Waals surface area contributed by atoms with Gasteiger partial charge in [-0.15, -0.1) is 0 Å². The molecule has 0 amide bonds. The van der Waals surface area contributed by atoms with Gasteiger partial charge in [0.25, 0.3) is 0 Å². The number of nitrogens with zero attached hydrogens (tertiary/aromatic N) is 3. The maximum atomic E-state index is 12.0. The SMILES string of the molecule is CCCCS(=O)CCCCn1c(CCC)nc2c(N)nc(C)c(C)c21. The smallest absolute Gasteiger partial charge is 0.151 e. The van der Waals surface area contributed by atoms with Crippen molar-refractivity contribution in [1.82, 2.24) is 14.5 Å². The van der Waals surface area contributed by atoms with Crippen LogP contribution in [0.15, 0.2) is 0 Å². The van der Waals surface area contributed by atoms with E-state index in [1.165, 1.54) is 0 Å². The Bertz CT molecular complexity index is 739. The number of hydrogen-bond donors (Lipinski definition) is 1. The van der Waals surface area contributed by atoms with Crippen LogP contribution >= 0.6 is 0 Å². The molecule has 2 aromatic heterocycles. The molecule has 0 aliphatic carbocycles. The van der Waals surface area contributed by atoms with Crippen molar-refractivity contribution in [1.29, 1.82) is 0 Å². The van der Waals surface area contributed by atoms with Crippen LogP contribution in [0.25, 0.3) is 11.0 Å². The number of hydrogen-bond acceptors (Lipinski definition) is 4. The van der Waals surface area contributed by atoms with Gasteiger partial charge in [0.15, 0.2) is 5.82 Å². The number of anilines is 1. The number of aromatic nitrogens is 3. The molecule has 25 heavy (non-hydrogen) atoms. The maximum absolute atomic E-state index is 12.0. The first kappa shape index (κ1) is 19.9. The molecular formula is C19H32N4OS. The maximum Gasteiger partial charge on any atom is 0.151 e. The molecule has 140 valence electrons. The number of imidazole rings is 1. The van der Waals surface area contributed by atoms with Crippen molar-refractivity contribution < 1.29 is 4.21 Å². The minimum atomic E-state index is -0.671. The number of fused-ring (bicyclic) bond motifs is 1. The number of unbranched alkanes of at least 4 members (excludes halogenated alkanes) is 2. The van der Waals surface area contributed by atoms with Crippen molar-refractivity contribution in [3.8, 4) is 0 Å². The highest BCUT2D eigenvalue weighted by atomic mass is 32.2. The van der Waals surface area contributed by atoms with E-state index in [1.807, 2.05) is 6.92 Å². The first-order chi connectivity index (χ1) is 12.0. The summed E-state index contributed by atoms with van der Waals surface area (Å²) >= 11 is 0. The lowest BCUT2D eigenvalue weighted by molar-refractivity contribution is 0.608. The topological polar surface area (TPSA) is 73.8 Å². The van der Waals surface area contributed by atoms with E-state index in [2.05, 4.69) is 30.3 Å². The van der Waals surface area contributed by atoms with E-state index in [0.717, 1.165) is 84.7 Å². The van der Waals surface area contributed by atoms with Crippen LogP contribution in [0.4, 0.5) is 5.82 Å². The van der Waals surface area contributed by atoms with Gasteiger partial charge in [0.05, 0.1) is 5.52 Å². The predicted octanol–water partition coefficient (Wildman–Crippen LogP) is 3.91. The summed E-state index contributed by atoms with van der Waals surface area (Å²) in [5.41, 5.74) is 10.2. The van der Waals surface area contributed by atoms with Crippen molar-refractivity contribution in [2.24, 2.45) is 0 Å². The monoisotopic (exact) mass is 364 g/mol. The van der Waals surface area contributed by atoms with Crippen molar-refractivity contribution >= 4 is 27.7 Å². The molecule has 0 aliphatic heterocycles. The van der Waals surface area contributed by atoms with E-state index in [4.69, 9.17) is 10.7 Å². The summed E-state index contributed by atoms with van der Waals surface area (Å²) in [6.07, 6.45) is 6.16. The van der Waals surface area contributed by atoms with E-state index >= 15 is 0 Å². The lowest BCUT2D eigenvalue weighted by Crippen LogP contribution is -2.08. The van der Waals surface area contributed by atoms with Gasteiger partial charge in [-0.3, -0.25) is 4.21 Å². The standard InChI is InChI=1S/C19H32N4OS/c1-5-7-12-25(24)13-9-8-11-23-16(10-6-2)22-17-18(23)14(3)15(4)21-19(17)20/h5-13H2,1-4H3,(H2,20,21). The van der Waals surface area contributed by atoms with Crippen LogP contribution in [0.3, 0.4) is 0 Å². The molecule has 1 unspecified atom stereocenters. The number of nitrogens with two attached hydrogens (primary N) is 1. The van der Waals surface area contributed by atoms with Crippen LogP contribution in [0.5, 0.6) is 0 Å². The van der Waals surface area contributed by atoms with Crippen molar-refractivity contribution in [3.63, 3.8) is 0 Å². The molecule has 5 nitrogen and oxygen atoms in total. The third-order valence-electron chi connectivity index (χ3n) is 4.68. The van der Waals surface area contributed by atoms with Crippen molar-refractivity contribution in [2.75, 3.05) is 17.2 Å². The highest BCUT2D eigenvalue weighted by molar-refractivity contribution is 7.84. The second-order valence-corrected chi connectivity index (χ2v) is 8.44. The number of rotatable bonds is 10. The Hall–Kier alpha value is -1.43. The van der Waals surface area contributed by atoms with Gasteiger partial charge >= 0.3 is 0 Å². The van der Waals surface area contributed by atoms with Crippen LogP contribution in [0.1, 0.15) is 63.0 Å². The quantitative estimate of drug-likeness (QED) is 0.649. The Labute approximate surface area is 153 Å². The van der Waals surface area contributed by atoms with Crippen molar-refractivity contribution in [2.45, 2.75) is 72.8 Å². The Morgan fingerprint density at radius 2 is 1.76 bits per heavy atom. The number of aryl methyl sites for hydroxylation is 4. The van der Waals surface area contributed by atoms with Crippen LogP contribution in [0, 0.1) is 13.8 Å². The molecule has 6 heteroatoms. The minimum absolute atomic E-state index is 0.523. The van der Waals surface area contributed by atoms with Gasteiger partial charge < -0.3 is 10.3 Å². The fraction of sp³-hybridized carbons (Fsp3) is 0.684. The number of pyridine rings is 1. The van der Waals surface area contributed by atoms with Gasteiger partial charge in [-0.1, -0.05) is 20.3 Å². The molecule has 0 saturated heterocycles. The largest absolute Gasteiger partial charge is 0.382 e. The summed E-state index contributed by atoms with van der Waals surface area (Å²) in [5.74, 6) is 3.26. The average Bonchev–Trinajstić information content (AvgIpc) is 2.94. The summed E-state index contributed by atoms with van der Waals surface area (Å²) in [4.78, 5) is 9.20. The van der Waals surface area contributed by atoms with Gasteiger partial charge in [0.2, 0.25) is 0 Å². The molecule has 2 aromatic rings. The van der Waals surface area contributed by atoms with Gasteiger partial charge in [-0.25, -0.2) is 9.97 Å². The fourth-order valence-electron chi connectivity index (χ4n) is 3.14. The molecule has 0 aromatic carbocycles. The van der Waals surface area contributed by atoms with Crippen LogP contribution in [-0.4, -0.2) is 30.2 Å². The first-order valence-corrected chi connectivity index (χ1v) is 10.9. The second kappa shape index (κ2) is 9.32. The zero-order chi connectivity index (χ0) is 18.4. The number of nitrogen functional groups attached to an aromatic ring is 1.